The zero-order chi connectivity index (χ0) is 22.5. The van der Waals surface area contributed by atoms with Crippen LogP contribution in [0.4, 0.5) is 0 Å². The second-order valence-corrected chi connectivity index (χ2v) is 8.77. The number of carbonyl (C=O) groups excluding carboxylic acids is 1. The molecule has 0 radical (unpaired) electrons. The number of allylic oxidation sites excluding steroid dienone is 2. The van der Waals surface area contributed by atoms with Gasteiger partial charge in [0.1, 0.15) is 6.61 Å². The Labute approximate surface area is 181 Å². The molecular weight excluding hydrogens is 411 g/mol. The molecule has 1 atom stereocenters. The fourth-order valence-electron chi connectivity index (χ4n) is 2.89. The summed E-state index contributed by atoms with van der Waals surface area (Å²) in [5, 5.41) is 8.62. The summed E-state index contributed by atoms with van der Waals surface area (Å²) >= 11 is 0. The van der Waals surface area contributed by atoms with Crippen LogP contribution >= 0.6 is 7.82 Å². The van der Waals surface area contributed by atoms with Gasteiger partial charge in [-0.1, -0.05) is 70.4 Å². The van der Waals surface area contributed by atoms with Gasteiger partial charge in [0.05, 0.1) is 6.61 Å². The second-order valence-electron chi connectivity index (χ2n) is 7.53. The van der Waals surface area contributed by atoms with Crippen LogP contribution < -0.4 is 0 Å². The van der Waals surface area contributed by atoms with E-state index in [1.54, 1.807) is 0 Å². The molecule has 0 aromatic heterocycles. The van der Waals surface area contributed by atoms with Gasteiger partial charge in [-0.3, -0.25) is 14.6 Å². The number of hydrogen-bond acceptors (Lipinski definition) is 6. The lowest BCUT2D eigenvalue weighted by Gasteiger charge is -2.14. The Morgan fingerprint density at radius 2 is 1.40 bits per heavy atom. The minimum Gasteiger partial charge on any atom is -0.463 e. The van der Waals surface area contributed by atoms with Crippen molar-refractivity contribution in [2.45, 2.75) is 103 Å². The molecule has 0 amide bonds. The maximum Gasteiger partial charge on any atom is 0.469 e. The van der Waals surface area contributed by atoms with Gasteiger partial charge in [0.2, 0.25) is 0 Å². The van der Waals surface area contributed by atoms with E-state index in [4.69, 9.17) is 19.8 Å². The van der Waals surface area contributed by atoms with E-state index in [9.17, 15) is 9.36 Å². The SMILES string of the molecule is CCCCCCCC/C=C\CCCCCCCC(=O)OC[C@H](COP(=O)(O)O)OO. The van der Waals surface area contributed by atoms with Crippen molar-refractivity contribution in [2.75, 3.05) is 13.2 Å². The number of phosphoric acid groups is 1. The molecule has 3 N–H and O–H groups in total. The maximum atomic E-state index is 11.6. The summed E-state index contributed by atoms with van der Waals surface area (Å²) in [5.41, 5.74) is 0. The molecule has 0 saturated carbocycles. The van der Waals surface area contributed by atoms with E-state index in [-0.39, 0.29) is 13.0 Å². The predicted octanol–water partition coefficient (Wildman–Crippen LogP) is 5.53. The molecular formula is C21H41O8P. The van der Waals surface area contributed by atoms with Gasteiger partial charge in [0, 0.05) is 6.42 Å². The molecule has 0 heterocycles. The first-order valence-corrected chi connectivity index (χ1v) is 12.7. The van der Waals surface area contributed by atoms with Crippen LogP contribution in [0.3, 0.4) is 0 Å². The van der Waals surface area contributed by atoms with Crippen molar-refractivity contribution in [3.63, 3.8) is 0 Å². The molecule has 9 heteroatoms. The highest BCUT2D eigenvalue weighted by molar-refractivity contribution is 7.46. The van der Waals surface area contributed by atoms with Gasteiger partial charge < -0.3 is 14.5 Å². The van der Waals surface area contributed by atoms with Gasteiger partial charge in [-0.25, -0.2) is 9.45 Å². The lowest BCUT2D eigenvalue weighted by molar-refractivity contribution is -0.290. The largest absolute Gasteiger partial charge is 0.469 e. The third kappa shape index (κ3) is 21.9. The highest BCUT2D eigenvalue weighted by atomic mass is 31.2. The van der Waals surface area contributed by atoms with E-state index < -0.39 is 26.5 Å². The quantitative estimate of drug-likeness (QED) is 0.0518. The number of ether oxygens (including phenoxy) is 1. The van der Waals surface area contributed by atoms with Crippen LogP contribution in [0.2, 0.25) is 0 Å². The highest BCUT2D eigenvalue weighted by Gasteiger charge is 2.20. The summed E-state index contributed by atoms with van der Waals surface area (Å²) in [4.78, 5) is 32.8. The van der Waals surface area contributed by atoms with Gasteiger partial charge >= 0.3 is 13.8 Å². The molecule has 0 aromatic rings. The van der Waals surface area contributed by atoms with Crippen LogP contribution in [0.25, 0.3) is 0 Å². The molecule has 30 heavy (non-hydrogen) atoms. The molecule has 0 saturated heterocycles. The normalized spacial score (nSPS) is 13.1. The van der Waals surface area contributed by atoms with Crippen LogP contribution in [0, 0.1) is 0 Å². The summed E-state index contributed by atoms with van der Waals surface area (Å²) < 4.78 is 19.7. The van der Waals surface area contributed by atoms with Crippen molar-refractivity contribution in [1.29, 1.82) is 0 Å². The third-order valence-corrected chi connectivity index (χ3v) is 5.14. The molecule has 0 fully saturated rings. The number of rotatable bonds is 21. The summed E-state index contributed by atoms with van der Waals surface area (Å²) in [6, 6.07) is 0. The highest BCUT2D eigenvalue weighted by Crippen LogP contribution is 2.35. The van der Waals surface area contributed by atoms with Crippen molar-refractivity contribution in [3.8, 4) is 0 Å². The molecule has 0 rings (SSSR count). The Morgan fingerprint density at radius 3 is 1.93 bits per heavy atom. The van der Waals surface area contributed by atoms with Gasteiger partial charge in [0.15, 0.2) is 6.10 Å². The van der Waals surface area contributed by atoms with Gasteiger partial charge in [0.25, 0.3) is 0 Å². The molecule has 0 bridgehead atoms. The predicted molar refractivity (Wildman–Crippen MR) is 116 cm³/mol. The van der Waals surface area contributed by atoms with Crippen LogP contribution in [0.1, 0.15) is 96.8 Å². The van der Waals surface area contributed by atoms with Crippen molar-refractivity contribution in [2.24, 2.45) is 0 Å². The Kier molecular flexibility index (Phi) is 19.6. The molecule has 178 valence electrons. The zero-order valence-electron chi connectivity index (χ0n) is 18.4. The average Bonchev–Trinajstić information content (AvgIpc) is 2.70. The van der Waals surface area contributed by atoms with Crippen molar-refractivity contribution < 1.29 is 38.6 Å². The average molecular weight is 453 g/mol. The lowest BCUT2D eigenvalue weighted by Crippen LogP contribution is -2.25. The second kappa shape index (κ2) is 20.2. The van der Waals surface area contributed by atoms with Crippen molar-refractivity contribution >= 4 is 13.8 Å². The van der Waals surface area contributed by atoms with Gasteiger partial charge in [-0.2, -0.15) is 0 Å². The Balaban J connectivity index is 3.47. The fraction of sp³-hybridized carbons (Fsp3) is 0.857. The van der Waals surface area contributed by atoms with E-state index in [1.807, 2.05) is 0 Å². The number of unbranched alkanes of at least 4 members (excludes halogenated alkanes) is 11. The third-order valence-electron chi connectivity index (χ3n) is 4.65. The van der Waals surface area contributed by atoms with Crippen LogP contribution in [-0.4, -0.2) is 40.3 Å². The van der Waals surface area contributed by atoms with E-state index in [2.05, 4.69) is 28.5 Å². The van der Waals surface area contributed by atoms with Gasteiger partial charge in [-0.05, 0) is 32.1 Å². The zero-order valence-corrected chi connectivity index (χ0v) is 19.3. The van der Waals surface area contributed by atoms with Crippen LogP contribution in [0.5, 0.6) is 0 Å². The lowest BCUT2D eigenvalue weighted by atomic mass is 10.1. The Bertz CT molecular complexity index is 478. The molecule has 0 aliphatic carbocycles. The first-order valence-electron chi connectivity index (χ1n) is 11.2. The molecule has 0 unspecified atom stereocenters. The summed E-state index contributed by atoms with van der Waals surface area (Å²) in [6.07, 6.45) is 19.0. The van der Waals surface area contributed by atoms with Crippen molar-refractivity contribution in [3.05, 3.63) is 12.2 Å². The Morgan fingerprint density at radius 1 is 0.867 bits per heavy atom. The van der Waals surface area contributed by atoms with E-state index in [0.717, 1.165) is 38.5 Å². The number of esters is 1. The van der Waals surface area contributed by atoms with Crippen LogP contribution in [-0.2, 0) is 23.5 Å². The maximum absolute atomic E-state index is 11.6. The first-order chi connectivity index (χ1) is 14.4. The van der Waals surface area contributed by atoms with E-state index in [1.165, 1.54) is 44.9 Å². The van der Waals surface area contributed by atoms with Crippen molar-refractivity contribution in [1.82, 2.24) is 0 Å². The molecule has 8 nitrogen and oxygen atoms in total. The number of hydrogen-bond donors (Lipinski definition) is 3. The summed E-state index contributed by atoms with van der Waals surface area (Å²) in [7, 11) is -4.66. The minimum absolute atomic E-state index is 0.260. The van der Waals surface area contributed by atoms with Crippen LogP contribution in [0.15, 0.2) is 12.2 Å². The topological polar surface area (TPSA) is 123 Å². The molecule has 0 aromatic carbocycles. The summed E-state index contributed by atoms with van der Waals surface area (Å²) in [6.45, 7) is 1.32. The summed E-state index contributed by atoms with van der Waals surface area (Å²) in [5.74, 6) is -0.439. The molecule has 0 spiro atoms. The monoisotopic (exact) mass is 452 g/mol. The molecule has 0 aliphatic heterocycles. The number of carbonyl (C=O) groups is 1. The standard InChI is InChI=1S/C21H41O8P/c1-2-3-4-5-6-7-8-9-10-11-12-13-14-15-16-17-21(22)27-18-20(29-23)19-28-30(24,25)26/h9-10,20,23H,2-8,11-19H2,1H3,(H2,24,25,26)/b10-9-/t20-/m1/s1. The first kappa shape index (κ1) is 29.2. The van der Waals surface area contributed by atoms with Gasteiger partial charge in [-0.15, -0.1) is 0 Å². The van der Waals surface area contributed by atoms with E-state index in [0.29, 0.717) is 0 Å². The Hall–Kier alpha value is -0.760. The molecule has 0 aliphatic rings. The van der Waals surface area contributed by atoms with E-state index >= 15 is 0 Å². The minimum atomic E-state index is -4.66. The fourth-order valence-corrected chi connectivity index (χ4v) is 3.25. The number of phosphoric ester groups is 1. The smallest absolute Gasteiger partial charge is 0.463 e.